The molecule has 0 aliphatic rings. The molecule has 0 atom stereocenters. The highest BCUT2D eigenvalue weighted by Gasteiger charge is 2.14. The number of hydrogen-bond acceptors (Lipinski definition) is 4. The molecular weight excluding hydrogens is 260 g/mol. The summed E-state index contributed by atoms with van der Waals surface area (Å²) in [5.74, 6) is -1.14. The van der Waals surface area contributed by atoms with Crippen LogP contribution in [0.15, 0.2) is 30.3 Å². The number of rotatable bonds is 6. The number of esters is 1. The van der Waals surface area contributed by atoms with Gasteiger partial charge in [-0.05, 0) is 5.56 Å². The zero-order valence-corrected chi connectivity index (χ0v) is 11.6. The number of benzene rings is 1. The maximum atomic E-state index is 11.6. The highest BCUT2D eigenvalue weighted by molar-refractivity contribution is 5.86. The van der Waals surface area contributed by atoms with Crippen LogP contribution in [0.2, 0.25) is 0 Å². The van der Waals surface area contributed by atoms with Crippen molar-refractivity contribution in [2.24, 2.45) is 0 Å². The smallest absolute Gasteiger partial charge is 0.325 e. The van der Waals surface area contributed by atoms with Gasteiger partial charge in [0.05, 0.1) is 6.54 Å². The van der Waals surface area contributed by atoms with Gasteiger partial charge in [0.1, 0.15) is 13.2 Å². The van der Waals surface area contributed by atoms with Gasteiger partial charge in [0.25, 0.3) is 0 Å². The normalized spacial score (nSPS) is 9.70. The average Bonchev–Trinajstić information content (AvgIpc) is 2.43. The van der Waals surface area contributed by atoms with E-state index < -0.39 is 5.97 Å². The fourth-order valence-electron chi connectivity index (χ4n) is 1.40. The zero-order chi connectivity index (χ0) is 15.0. The number of carbonyl (C=O) groups excluding carboxylic acids is 3. The van der Waals surface area contributed by atoms with Crippen molar-refractivity contribution < 1.29 is 19.1 Å². The molecule has 0 aliphatic carbocycles. The van der Waals surface area contributed by atoms with Crippen LogP contribution in [0.1, 0.15) is 12.5 Å². The van der Waals surface area contributed by atoms with Gasteiger partial charge in [-0.3, -0.25) is 14.4 Å². The lowest BCUT2D eigenvalue weighted by Gasteiger charge is -2.16. The van der Waals surface area contributed by atoms with Crippen molar-refractivity contribution in [3.63, 3.8) is 0 Å². The Morgan fingerprint density at radius 3 is 2.45 bits per heavy atom. The summed E-state index contributed by atoms with van der Waals surface area (Å²) in [5.41, 5.74) is 0.882. The van der Waals surface area contributed by atoms with Crippen molar-refractivity contribution >= 4 is 17.8 Å². The van der Waals surface area contributed by atoms with Crippen LogP contribution >= 0.6 is 0 Å². The van der Waals surface area contributed by atoms with Crippen molar-refractivity contribution in [1.82, 2.24) is 10.2 Å². The minimum Gasteiger partial charge on any atom is -0.459 e. The molecule has 0 fully saturated rings. The minimum absolute atomic E-state index is 0.127. The quantitative estimate of drug-likeness (QED) is 0.761. The molecule has 0 bridgehead atoms. The maximum Gasteiger partial charge on any atom is 0.325 e. The van der Waals surface area contributed by atoms with Crippen molar-refractivity contribution in [3.05, 3.63) is 35.9 Å². The topological polar surface area (TPSA) is 75.7 Å². The number of hydrogen-bond donors (Lipinski definition) is 1. The molecule has 6 heteroatoms. The SMILES string of the molecule is CC(=O)NCC(=O)N(C)CC(=O)OCc1ccccc1. The number of amides is 2. The first kappa shape index (κ1) is 15.7. The molecule has 0 aromatic heterocycles. The second-order valence-electron chi connectivity index (χ2n) is 4.31. The van der Waals surface area contributed by atoms with E-state index >= 15 is 0 Å². The van der Waals surface area contributed by atoms with Gasteiger partial charge in [-0.25, -0.2) is 0 Å². The summed E-state index contributed by atoms with van der Waals surface area (Å²) in [6, 6.07) is 9.27. The molecule has 0 radical (unpaired) electrons. The Kier molecular flexibility index (Phi) is 6.22. The van der Waals surface area contributed by atoms with E-state index in [0.717, 1.165) is 5.56 Å². The third-order valence-corrected chi connectivity index (χ3v) is 2.52. The first-order chi connectivity index (χ1) is 9.49. The molecule has 0 saturated heterocycles. The number of nitrogens with one attached hydrogen (secondary N) is 1. The lowest BCUT2D eigenvalue weighted by molar-refractivity contribution is -0.149. The molecule has 108 valence electrons. The van der Waals surface area contributed by atoms with E-state index in [1.54, 1.807) is 0 Å². The van der Waals surface area contributed by atoms with Crippen molar-refractivity contribution in [3.8, 4) is 0 Å². The number of nitrogens with zero attached hydrogens (tertiary/aromatic N) is 1. The highest BCUT2D eigenvalue weighted by Crippen LogP contribution is 2.01. The summed E-state index contributed by atoms with van der Waals surface area (Å²) < 4.78 is 5.05. The van der Waals surface area contributed by atoms with Gasteiger partial charge in [0, 0.05) is 14.0 Å². The first-order valence-corrected chi connectivity index (χ1v) is 6.17. The molecule has 0 saturated carbocycles. The van der Waals surface area contributed by atoms with Crippen LogP contribution in [0.25, 0.3) is 0 Å². The molecule has 1 aromatic carbocycles. The second kappa shape index (κ2) is 7.93. The third kappa shape index (κ3) is 5.99. The van der Waals surface area contributed by atoms with Gasteiger partial charge in [-0.1, -0.05) is 30.3 Å². The van der Waals surface area contributed by atoms with Gasteiger partial charge < -0.3 is 15.0 Å². The molecule has 2 amide bonds. The first-order valence-electron chi connectivity index (χ1n) is 6.17. The average molecular weight is 278 g/mol. The maximum absolute atomic E-state index is 11.6. The Balaban J connectivity index is 2.30. The van der Waals surface area contributed by atoms with E-state index in [4.69, 9.17) is 4.74 Å². The van der Waals surface area contributed by atoms with Gasteiger partial charge in [-0.2, -0.15) is 0 Å². The molecule has 1 rings (SSSR count). The number of likely N-dealkylation sites (N-methyl/N-ethyl adjacent to an activating group) is 1. The molecule has 1 aromatic rings. The van der Waals surface area contributed by atoms with Crippen LogP contribution < -0.4 is 5.32 Å². The van der Waals surface area contributed by atoms with Crippen LogP contribution in [-0.2, 0) is 25.7 Å². The van der Waals surface area contributed by atoms with E-state index in [1.807, 2.05) is 30.3 Å². The largest absolute Gasteiger partial charge is 0.459 e. The van der Waals surface area contributed by atoms with Crippen molar-refractivity contribution in [1.29, 1.82) is 0 Å². The Bertz CT molecular complexity index is 473. The number of ether oxygens (including phenoxy) is 1. The van der Waals surface area contributed by atoms with Crippen LogP contribution in [0.3, 0.4) is 0 Å². The molecule has 0 unspecified atom stereocenters. The summed E-state index contributed by atoms with van der Waals surface area (Å²) in [7, 11) is 1.48. The van der Waals surface area contributed by atoms with Crippen molar-refractivity contribution in [2.45, 2.75) is 13.5 Å². The Labute approximate surface area is 117 Å². The van der Waals surface area contributed by atoms with E-state index in [0.29, 0.717) is 0 Å². The second-order valence-corrected chi connectivity index (χ2v) is 4.31. The molecule has 0 spiro atoms. The molecule has 20 heavy (non-hydrogen) atoms. The summed E-state index contributed by atoms with van der Waals surface area (Å²) in [6.45, 7) is 1.22. The summed E-state index contributed by atoms with van der Waals surface area (Å²) in [6.07, 6.45) is 0. The monoisotopic (exact) mass is 278 g/mol. The summed E-state index contributed by atoms with van der Waals surface area (Å²) in [4.78, 5) is 35.0. The Hall–Kier alpha value is -2.37. The van der Waals surface area contributed by atoms with E-state index in [2.05, 4.69) is 5.32 Å². The fourth-order valence-corrected chi connectivity index (χ4v) is 1.40. The summed E-state index contributed by atoms with van der Waals surface area (Å²) in [5, 5.41) is 2.38. The lowest BCUT2D eigenvalue weighted by atomic mass is 10.2. The van der Waals surface area contributed by atoms with Crippen LogP contribution in [0, 0.1) is 0 Å². The number of carbonyl (C=O) groups is 3. The van der Waals surface area contributed by atoms with Crippen LogP contribution in [0.5, 0.6) is 0 Å². The van der Waals surface area contributed by atoms with Gasteiger partial charge in [0.15, 0.2) is 0 Å². The Morgan fingerprint density at radius 2 is 1.85 bits per heavy atom. The molecule has 1 N–H and O–H groups in total. The lowest BCUT2D eigenvalue weighted by Crippen LogP contribution is -2.40. The molecule has 6 nitrogen and oxygen atoms in total. The van der Waals surface area contributed by atoms with Gasteiger partial charge in [-0.15, -0.1) is 0 Å². The predicted molar refractivity (Wildman–Crippen MR) is 72.6 cm³/mol. The zero-order valence-electron chi connectivity index (χ0n) is 11.6. The molecule has 0 heterocycles. The Morgan fingerprint density at radius 1 is 1.20 bits per heavy atom. The van der Waals surface area contributed by atoms with Crippen molar-refractivity contribution in [2.75, 3.05) is 20.1 Å². The van der Waals surface area contributed by atoms with E-state index in [1.165, 1.54) is 18.9 Å². The minimum atomic E-state index is -0.493. The predicted octanol–water partition coefficient (Wildman–Crippen LogP) is 0.324. The van der Waals surface area contributed by atoms with E-state index in [9.17, 15) is 14.4 Å². The molecular formula is C14H18N2O4. The summed E-state index contributed by atoms with van der Waals surface area (Å²) >= 11 is 0. The van der Waals surface area contributed by atoms with Gasteiger partial charge in [0.2, 0.25) is 11.8 Å². The fraction of sp³-hybridized carbons (Fsp3) is 0.357. The van der Waals surface area contributed by atoms with Crippen LogP contribution in [-0.4, -0.2) is 42.8 Å². The standard InChI is InChI=1S/C14H18N2O4/c1-11(17)15-8-13(18)16(2)9-14(19)20-10-12-6-4-3-5-7-12/h3-7H,8-10H2,1-2H3,(H,15,17). The highest BCUT2D eigenvalue weighted by atomic mass is 16.5. The third-order valence-electron chi connectivity index (χ3n) is 2.52. The van der Waals surface area contributed by atoms with Crippen LogP contribution in [0.4, 0.5) is 0 Å². The van der Waals surface area contributed by atoms with Gasteiger partial charge >= 0.3 is 5.97 Å². The molecule has 0 aliphatic heterocycles. The van der Waals surface area contributed by atoms with E-state index in [-0.39, 0.29) is 31.5 Å².